The first-order valence-corrected chi connectivity index (χ1v) is 5.95. The van der Waals surface area contributed by atoms with E-state index in [4.69, 9.17) is 16.3 Å². The normalized spacial score (nSPS) is 12.2. The molecule has 6 heteroatoms. The van der Waals surface area contributed by atoms with Crippen molar-refractivity contribution in [1.29, 1.82) is 0 Å². The molecule has 0 amide bonds. The third-order valence-corrected chi connectivity index (χ3v) is 2.94. The van der Waals surface area contributed by atoms with E-state index in [1.165, 1.54) is 7.11 Å². The molecule has 16 heavy (non-hydrogen) atoms. The van der Waals surface area contributed by atoms with E-state index in [1.54, 1.807) is 12.1 Å². The van der Waals surface area contributed by atoms with Crippen LogP contribution < -0.4 is 10.1 Å². The number of methoxy groups -OCH3 is 1. The molecule has 0 saturated heterocycles. The maximum Gasteiger partial charge on any atom is 0.153 e. The summed E-state index contributed by atoms with van der Waals surface area (Å²) >= 11 is 8.66. The molecular weight excluding hydrogens is 297 g/mol. The minimum absolute atomic E-state index is 0.0718. The van der Waals surface area contributed by atoms with Gasteiger partial charge in [0, 0.05) is 12.6 Å². The number of alkyl halides is 1. The van der Waals surface area contributed by atoms with E-state index in [0.717, 1.165) is 0 Å². The highest BCUT2D eigenvalue weighted by atomic mass is 79.9. The third-order valence-electron chi connectivity index (χ3n) is 1.98. The number of anilines is 1. The largest absolute Gasteiger partial charge is 0.505 e. The summed E-state index contributed by atoms with van der Waals surface area (Å²) in [6.45, 7) is 0.261. The van der Waals surface area contributed by atoms with Gasteiger partial charge >= 0.3 is 0 Å². The van der Waals surface area contributed by atoms with E-state index in [0.29, 0.717) is 15.9 Å². The summed E-state index contributed by atoms with van der Waals surface area (Å²) in [6, 6.07) is 3.29. The number of ether oxygens (including phenoxy) is 1. The average molecular weight is 311 g/mol. The number of hydrogen-bond acceptors (Lipinski definition) is 4. The molecular formula is C10H13BrClNO3. The van der Waals surface area contributed by atoms with Gasteiger partial charge in [0.05, 0.1) is 29.3 Å². The van der Waals surface area contributed by atoms with Gasteiger partial charge in [-0.05, 0) is 22.0 Å². The van der Waals surface area contributed by atoms with Gasteiger partial charge in [-0.1, -0.05) is 0 Å². The lowest BCUT2D eigenvalue weighted by Crippen LogP contribution is -2.20. The van der Waals surface area contributed by atoms with Crippen molar-refractivity contribution in [2.75, 3.05) is 24.9 Å². The Morgan fingerprint density at radius 2 is 2.25 bits per heavy atom. The Morgan fingerprint density at radius 1 is 1.56 bits per heavy atom. The highest BCUT2D eigenvalue weighted by Crippen LogP contribution is 2.36. The third kappa shape index (κ3) is 3.43. The monoisotopic (exact) mass is 309 g/mol. The summed E-state index contributed by atoms with van der Waals surface area (Å²) in [7, 11) is 1.54. The maximum atomic E-state index is 9.72. The molecule has 4 nitrogen and oxygen atoms in total. The zero-order valence-corrected chi connectivity index (χ0v) is 11.0. The number of phenolic OH excluding ortho intramolecular Hbond substituents is 1. The number of nitrogens with one attached hydrogen (secondary N) is 1. The molecule has 90 valence electrons. The lowest BCUT2D eigenvalue weighted by atomic mass is 10.2. The van der Waals surface area contributed by atoms with Crippen molar-refractivity contribution in [3.05, 3.63) is 16.6 Å². The number of rotatable bonds is 5. The molecule has 0 spiro atoms. The molecule has 0 fully saturated rings. The summed E-state index contributed by atoms with van der Waals surface area (Å²) in [4.78, 5) is 0. The Bertz CT molecular complexity index is 362. The number of hydrogen-bond donors (Lipinski definition) is 3. The van der Waals surface area contributed by atoms with Crippen LogP contribution in [0, 0.1) is 0 Å². The number of benzene rings is 1. The molecule has 0 aliphatic carbocycles. The Balaban J connectivity index is 2.82. The smallest absolute Gasteiger partial charge is 0.153 e. The first-order valence-electron chi connectivity index (χ1n) is 4.63. The summed E-state index contributed by atoms with van der Waals surface area (Å²) in [5.74, 6) is 0.814. The van der Waals surface area contributed by atoms with Crippen molar-refractivity contribution in [3.8, 4) is 11.5 Å². The second-order valence-corrected chi connectivity index (χ2v) is 4.36. The topological polar surface area (TPSA) is 61.7 Å². The van der Waals surface area contributed by atoms with Gasteiger partial charge in [0.15, 0.2) is 5.75 Å². The van der Waals surface area contributed by atoms with Gasteiger partial charge in [0.2, 0.25) is 0 Å². The Kier molecular flexibility index (Phi) is 5.18. The van der Waals surface area contributed by atoms with Crippen LogP contribution in [0.25, 0.3) is 0 Å². The molecule has 0 bridgehead atoms. The van der Waals surface area contributed by atoms with Gasteiger partial charge in [-0.15, -0.1) is 11.6 Å². The number of phenols is 1. The lowest BCUT2D eigenvalue weighted by molar-refractivity contribution is 0.211. The van der Waals surface area contributed by atoms with Crippen LogP contribution in [0.5, 0.6) is 11.5 Å². The van der Waals surface area contributed by atoms with Gasteiger partial charge in [-0.25, -0.2) is 0 Å². The highest BCUT2D eigenvalue weighted by molar-refractivity contribution is 9.10. The van der Waals surface area contributed by atoms with Crippen LogP contribution in [0.3, 0.4) is 0 Å². The standard InChI is InChI=1S/C10H13BrClNO3/c1-16-7-2-8(11)10(15)9(3-7)13-5-6(14)4-12/h2-3,6,13-15H,4-5H2,1H3. The van der Waals surface area contributed by atoms with Crippen molar-refractivity contribution in [1.82, 2.24) is 0 Å². The fourth-order valence-corrected chi connectivity index (χ4v) is 1.66. The Hall–Kier alpha value is -0.650. The number of halogens is 2. The minimum atomic E-state index is -0.661. The van der Waals surface area contributed by atoms with Crippen LogP contribution in [0.1, 0.15) is 0 Å². The zero-order valence-electron chi connectivity index (χ0n) is 8.70. The van der Waals surface area contributed by atoms with Crippen molar-refractivity contribution in [3.63, 3.8) is 0 Å². The molecule has 3 N–H and O–H groups in total. The number of aliphatic hydroxyl groups is 1. The van der Waals surface area contributed by atoms with Crippen molar-refractivity contribution < 1.29 is 14.9 Å². The Morgan fingerprint density at radius 3 is 2.81 bits per heavy atom. The van der Waals surface area contributed by atoms with Gasteiger partial charge < -0.3 is 20.3 Å². The molecule has 0 saturated carbocycles. The average Bonchev–Trinajstić information content (AvgIpc) is 2.30. The number of aromatic hydroxyl groups is 1. The molecule has 0 aliphatic heterocycles. The zero-order chi connectivity index (χ0) is 12.1. The lowest BCUT2D eigenvalue weighted by Gasteiger charge is -2.13. The van der Waals surface area contributed by atoms with Crippen LogP contribution in [0.15, 0.2) is 16.6 Å². The molecule has 1 unspecified atom stereocenters. The first-order chi connectivity index (χ1) is 7.58. The van der Waals surface area contributed by atoms with E-state index in [-0.39, 0.29) is 18.2 Å². The second kappa shape index (κ2) is 6.18. The SMILES string of the molecule is COc1cc(Br)c(O)c(NCC(O)CCl)c1. The van der Waals surface area contributed by atoms with Crippen molar-refractivity contribution >= 4 is 33.2 Å². The van der Waals surface area contributed by atoms with Gasteiger partial charge in [0.25, 0.3) is 0 Å². The van der Waals surface area contributed by atoms with Gasteiger partial charge in [0.1, 0.15) is 5.75 Å². The van der Waals surface area contributed by atoms with Gasteiger partial charge in [-0.2, -0.15) is 0 Å². The molecule has 0 heterocycles. The van der Waals surface area contributed by atoms with Crippen LogP contribution in [0.4, 0.5) is 5.69 Å². The predicted octanol–water partition coefficient (Wildman–Crippen LogP) is 2.17. The Labute approximate surface area is 107 Å². The van der Waals surface area contributed by atoms with Crippen LogP contribution in [0.2, 0.25) is 0 Å². The van der Waals surface area contributed by atoms with Gasteiger partial charge in [-0.3, -0.25) is 0 Å². The highest BCUT2D eigenvalue weighted by Gasteiger charge is 2.10. The summed E-state index contributed by atoms with van der Waals surface area (Å²) in [5, 5.41) is 21.9. The van der Waals surface area contributed by atoms with E-state index in [2.05, 4.69) is 21.2 Å². The summed E-state index contributed by atoms with van der Waals surface area (Å²) in [6.07, 6.45) is -0.661. The van der Waals surface area contributed by atoms with Crippen molar-refractivity contribution in [2.45, 2.75) is 6.10 Å². The summed E-state index contributed by atoms with van der Waals surface area (Å²) in [5.41, 5.74) is 0.482. The first kappa shape index (κ1) is 13.4. The van der Waals surface area contributed by atoms with Crippen LogP contribution >= 0.6 is 27.5 Å². The van der Waals surface area contributed by atoms with E-state index in [1.807, 2.05) is 0 Å². The maximum absolute atomic E-state index is 9.72. The minimum Gasteiger partial charge on any atom is -0.505 e. The van der Waals surface area contributed by atoms with E-state index in [9.17, 15) is 10.2 Å². The molecule has 1 atom stereocenters. The fourth-order valence-electron chi connectivity index (χ4n) is 1.11. The van der Waals surface area contributed by atoms with Crippen molar-refractivity contribution in [2.24, 2.45) is 0 Å². The quantitative estimate of drug-likeness (QED) is 0.576. The molecule has 1 aromatic rings. The fraction of sp³-hybridized carbons (Fsp3) is 0.400. The number of aliphatic hydroxyl groups excluding tert-OH is 1. The van der Waals surface area contributed by atoms with E-state index < -0.39 is 6.10 Å². The molecule has 0 radical (unpaired) electrons. The van der Waals surface area contributed by atoms with Crippen LogP contribution in [-0.2, 0) is 0 Å². The molecule has 0 aliphatic rings. The van der Waals surface area contributed by atoms with Crippen LogP contribution in [-0.4, -0.2) is 35.9 Å². The molecule has 0 aromatic heterocycles. The summed E-state index contributed by atoms with van der Waals surface area (Å²) < 4.78 is 5.58. The second-order valence-electron chi connectivity index (χ2n) is 3.19. The van der Waals surface area contributed by atoms with E-state index >= 15 is 0 Å². The predicted molar refractivity (Wildman–Crippen MR) is 67.6 cm³/mol. The molecule has 1 aromatic carbocycles. The molecule has 1 rings (SSSR count).